The summed E-state index contributed by atoms with van der Waals surface area (Å²) in [4.78, 5) is 0. The number of halogens is 1. The molecule has 2 heteroatoms. The van der Waals surface area contributed by atoms with Crippen LogP contribution in [-0.4, -0.2) is 16.5 Å². The van der Waals surface area contributed by atoms with Gasteiger partial charge >= 0.3 is 0 Å². The molecule has 0 spiro atoms. The quantitative estimate of drug-likeness (QED) is 0.667. The molecule has 1 aliphatic rings. The summed E-state index contributed by atoms with van der Waals surface area (Å²) in [7, 11) is 0. The first-order valence-corrected chi connectivity index (χ1v) is 5.55. The molecule has 1 fully saturated rings. The number of hydrogen-bond acceptors (Lipinski definition) is 1. The topological polar surface area (TPSA) is 9.23 Å². The van der Waals surface area contributed by atoms with Crippen LogP contribution in [0, 0.1) is 5.92 Å². The molecule has 2 atom stereocenters. The fraction of sp³-hybridized carbons (Fsp3) is 1.00. The second-order valence-electron chi connectivity index (χ2n) is 4.55. The summed E-state index contributed by atoms with van der Waals surface area (Å²) in [5.41, 5.74) is 0. The molecule has 0 aromatic carbocycles. The highest BCUT2D eigenvalue weighted by atomic mass is 79.9. The van der Waals surface area contributed by atoms with Gasteiger partial charge in [0.05, 0.1) is 12.2 Å². The summed E-state index contributed by atoms with van der Waals surface area (Å²) in [6.07, 6.45) is 3.29. The minimum atomic E-state index is 0.136. The van der Waals surface area contributed by atoms with Gasteiger partial charge in [0.25, 0.3) is 0 Å². The van der Waals surface area contributed by atoms with Crippen molar-refractivity contribution in [3.63, 3.8) is 0 Å². The van der Waals surface area contributed by atoms with Crippen molar-refractivity contribution in [2.45, 2.75) is 57.1 Å². The fourth-order valence-electron chi connectivity index (χ4n) is 1.66. The molecule has 0 aromatic rings. The van der Waals surface area contributed by atoms with Crippen LogP contribution in [0.5, 0.6) is 0 Å². The molecule has 1 saturated heterocycles. The molecule has 0 saturated carbocycles. The van der Waals surface area contributed by atoms with Gasteiger partial charge in [0.2, 0.25) is 0 Å². The van der Waals surface area contributed by atoms with Crippen molar-refractivity contribution < 1.29 is 4.74 Å². The van der Waals surface area contributed by atoms with E-state index in [1.165, 1.54) is 12.8 Å². The normalized spacial score (nSPS) is 31.5. The first-order chi connectivity index (χ1) is 5.41. The Hall–Kier alpha value is 0.440. The predicted octanol–water partition coefficient (Wildman–Crippen LogP) is 3.36. The Kier molecular flexibility index (Phi) is 3.21. The maximum absolute atomic E-state index is 5.94. The van der Waals surface area contributed by atoms with Crippen LogP contribution in [0.4, 0.5) is 0 Å². The molecule has 0 bridgehead atoms. The van der Waals surface area contributed by atoms with Gasteiger partial charge in [-0.05, 0) is 32.6 Å². The number of rotatable bonds is 2. The van der Waals surface area contributed by atoms with E-state index >= 15 is 0 Å². The lowest BCUT2D eigenvalue weighted by atomic mass is 10.0. The van der Waals surface area contributed by atoms with E-state index < -0.39 is 0 Å². The summed E-state index contributed by atoms with van der Waals surface area (Å²) in [6, 6.07) is 0. The molecule has 1 heterocycles. The van der Waals surface area contributed by atoms with E-state index in [0.29, 0.717) is 18.1 Å². The Morgan fingerprint density at radius 3 is 2.17 bits per heavy atom. The Labute approximate surface area is 84.0 Å². The zero-order valence-corrected chi connectivity index (χ0v) is 10.0. The van der Waals surface area contributed by atoms with Crippen molar-refractivity contribution in [2.24, 2.45) is 5.92 Å². The highest BCUT2D eigenvalue weighted by Gasteiger charge is 2.36. The van der Waals surface area contributed by atoms with E-state index in [0.717, 1.165) is 0 Å². The van der Waals surface area contributed by atoms with E-state index in [-0.39, 0.29) is 4.32 Å². The van der Waals surface area contributed by atoms with E-state index in [2.05, 4.69) is 43.6 Å². The van der Waals surface area contributed by atoms with Crippen molar-refractivity contribution in [3.8, 4) is 0 Å². The van der Waals surface area contributed by atoms with Gasteiger partial charge in [-0.1, -0.05) is 29.8 Å². The number of hydrogen-bond donors (Lipinski definition) is 0. The minimum absolute atomic E-state index is 0.136. The molecule has 0 amide bonds. The van der Waals surface area contributed by atoms with Crippen molar-refractivity contribution in [1.29, 1.82) is 0 Å². The molecule has 1 nitrogen and oxygen atoms in total. The average molecular weight is 235 g/mol. The minimum Gasteiger partial charge on any atom is -0.373 e. The molecule has 0 unspecified atom stereocenters. The zero-order chi connectivity index (χ0) is 9.35. The van der Waals surface area contributed by atoms with Crippen molar-refractivity contribution in [1.82, 2.24) is 0 Å². The third kappa shape index (κ3) is 2.46. The van der Waals surface area contributed by atoms with Gasteiger partial charge in [-0.25, -0.2) is 0 Å². The smallest absolute Gasteiger partial charge is 0.0727 e. The summed E-state index contributed by atoms with van der Waals surface area (Å²) in [5.74, 6) is 0.657. The lowest BCUT2D eigenvalue weighted by molar-refractivity contribution is 0.00730. The lowest BCUT2D eigenvalue weighted by Gasteiger charge is -2.25. The molecule has 0 radical (unpaired) electrons. The average Bonchev–Trinajstić information content (AvgIpc) is 2.30. The summed E-state index contributed by atoms with van der Waals surface area (Å²) >= 11 is 3.66. The molecule has 0 aliphatic carbocycles. The van der Waals surface area contributed by atoms with Crippen LogP contribution in [0.3, 0.4) is 0 Å². The third-order valence-electron chi connectivity index (χ3n) is 2.56. The lowest BCUT2D eigenvalue weighted by Crippen LogP contribution is -2.30. The maximum Gasteiger partial charge on any atom is 0.0727 e. The SMILES string of the molecule is CC(C)[C@@H]1CC[C@@H](C(C)(C)Br)O1. The van der Waals surface area contributed by atoms with Crippen LogP contribution >= 0.6 is 15.9 Å². The third-order valence-corrected chi connectivity index (χ3v) is 3.07. The van der Waals surface area contributed by atoms with Crippen molar-refractivity contribution >= 4 is 15.9 Å². The van der Waals surface area contributed by atoms with Gasteiger partial charge in [-0.3, -0.25) is 0 Å². The van der Waals surface area contributed by atoms with Gasteiger partial charge < -0.3 is 4.74 Å². The maximum atomic E-state index is 5.94. The Morgan fingerprint density at radius 2 is 1.92 bits per heavy atom. The molecule has 72 valence electrons. The van der Waals surface area contributed by atoms with Gasteiger partial charge in [0.15, 0.2) is 0 Å². The largest absolute Gasteiger partial charge is 0.373 e. The van der Waals surface area contributed by atoms with Crippen LogP contribution in [0.1, 0.15) is 40.5 Å². The number of alkyl halides is 1. The van der Waals surface area contributed by atoms with Crippen LogP contribution in [0.25, 0.3) is 0 Å². The molecular weight excluding hydrogens is 216 g/mol. The van der Waals surface area contributed by atoms with Crippen LogP contribution in [-0.2, 0) is 4.74 Å². The van der Waals surface area contributed by atoms with E-state index in [1.54, 1.807) is 0 Å². The standard InChI is InChI=1S/C10H19BrO/c1-7(2)8-5-6-9(12-8)10(3,4)11/h7-9H,5-6H2,1-4H3/t8-,9-/m0/s1. The van der Waals surface area contributed by atoms with E-state index in [1.807, 2.05) is 0 Å². The highest BCUT2D eigenvalue weighted by Crippen LogP contribution is 2.35. The number of ether oxygens (including phenoxy) is 1. The van der Waals surface area contributed by atoms with Crippen molar-refractivity contribution in [3.05, 3.63) is 0 Å². The van der Waals surface area contributed by atoms with E-state index in [4.69, 9.17) is 4.74 Å². The van der Waals surface area contributed by atoms with Gasteiger partial charge in [-0.2, -0.15) is 0 Å². The van der Waals surface area contributed by atoms with E-state index in [9.17, 15) is 0 Å². The zero-order valence-electron chi connectivity index (χ0n) is 8.43. The highest BCUT2D eigenvalue weighted by molar-refractivity contribution is 9.10. The molecule has 0 N–H and O–H groups in total. The van der Waals surface area contributed by atoms with Crippen molar-refractivity contribution in [2.75, 3.05) is 0 Å². The summed E-state index contributed by atoms with van der Waals surface area (Å²) in [6.45, 7) is 8.82. The van der Waals surface area contributed by atoms with Gasteiger partial charge in [0.1, 0.15) is 0 Å². The molecule has 1 rings (SSSR count). The summed E-state index contributed by atoms with van der Waals surface area (Å²) < 4.78 is 6.08. The Balaban J connectivity index is 2.46. The molecular formula is C10H19BrO. The second kappa shape index (κ2) is 3.67. The van der Waals surface area contributed by atoms with Gasteiger partial charge in [0, 0.05) is 4.32 Å². The Morgan fingerprint density at radius 1 is 1.33 bits per heavy atom. The Bertz CT molecular complexity index is 148. The van der Waals surface area contributed by atoms with Crippen LogP contribution in [0.15, 0.2) is 0 Å². The molecule has 1 aliphatic heterocycles. The predicted molar refractivity (Wildman–Crippen MR) is 55.7 cm³/mol. The van der Waals surface area contributed by atoms with Crippen LogP contribution in [0.2, 0.25) is 0 Å². The molecule has 12 heavy (non-hydrogen) atoms. The molecule has 0 aromatic heterocycles. The summed E-state index contributed by atoms with van der Waals surface area (Å²) in [5, 5.41) is 0. The van der Waals surface area contributed by atoms with Gasteiger partial charge in [-0.15, -0.1) is 0 Å². The monoisotopic (exact) mass is 234 g/mol. The second-order valence-corrected chi connectivity index (χ2v) is 6.59. The fourth-order valence-corrected chi connectivity index (χ4v) is 2.00. The van der Waals surface area contributed by atoms with Crippen LogP contribution < -0.4 is 0 Å². The first-order valence-electron chi connectivity index (χ1n) is 4.75. The first kappa shape index (κ1) is 10.5.